The van der Waals surface area contributed by atoms with Crippen molar-refractivity contribution in [1.29, 1.82) is 5.26 Å². The Balaban J connectivity index is 1.94. The minimum absolute atomic E-state index is 0.0151. The standard InChI is InChI=1S/C30H33Cl2F2N5O2/c1-29(2,3)12-24-30(15-35,21-9-8-17(31)10-23(21)33)25(20-6-5-7-22(32)26(20)34)27(39(24)4)28(41)38-19(14-40)11-18-13-36-16-37-18/h5-10,13,16,19,24-25,27,40H,11-12,14H2,1-4H3,(H,36,37)(H,38,41)/t19-,24-,25-,27+,30-/m0/s1. The highest BCUT2D eigenvalue weighted by molar-refractivity contribution is 6.31. The van der Waals surface area contributed by atoms with E-state index in [1.54, 1.807) is 24.2 Å². The number of rotatable bonds is 8. The number of amides is 1. The van der Waals surface area contributed by atoms with Crippen molar-refractivity contribution < 1.29 is 18.7 Å². The molecule has 0 spiro atoms. The number of likely N-dealkylation sites (N-methyl/N-ethyl adjacent to an activating group) is 1. The van der Waals surface area contributed by atoms with Crippen LogP contribution in [0.4, 0.5) is 8.78 Å². The monoisotopic (exact) mass is 603 g/mol. The number of benzene rings is 2. The molecule has 4 rings (SSSR count). The summed E-state index contributed by atoms with van der Waals surface area (Å²) in [5.41, 5.74) is -1.35. The lowest BCUT2D eigenvalue weighted by Gasteiger charge is -2.38. The maximum atomic E-state index is 15.9. The molecule has 0 aliphatic carbocycles. The topological polar surface area (TPSA) is 105 Å². The third kappa shape index (κ3) is 5.98. The highest BCUT2D eigenvalue weighted by Crippen LogP contribution is 2.56. The number of hydrogen-bond acceptors (Lipinski definition) is 5. The van der Waals surface area contributed by atoms with Gasteiger partial charge in [-0.2, -0.15) is 5.26 Å². The van der Waals surface area contributed by atoms with Gasteiger partial charge in [-0.15, -0.1) is 0 Å². The average molecular weight is 605 g/mol. The zero-order chi connectivity index (χ0) is 30.1. The van der Waals surface area contributed by atoms with Crippen LogP contribution < -0.4 is 5.32 Å². The summed E-state index contributed by atoms with van der Waals surface area (Å²) in [7, 11) is 1.69. The van der Waals surface area contributed by atoms with Gasteiger partial charge < -0.3 is 15.4 Å². The molecule has 11 heteroatoms. The van der Waals surface area contributed by atoms with E-state index < -0.39 is 47.0 Å². The molecular formula is C30H33Cl2F2N5O2. The van der Waals surface area contributed by atoms with Crippen LogP contribution >= 0.6 is 23.2 Å². The van der Waals surface area contributed by atoms with E-state index >= 15 is 8.78 Å². The number of carbonyl (C=O) groups is 1. The number of imidazole rings is 1. The normalized spacial score (nSPS) is 23.8. The number of aliphatic hydroxyl groups is 1. The Kier molecular flexibility index (Phi) is 9.10. The van der Waals surface area contributed by atoms with Crippen molar-refractivity contribution >= 4 is 29.1 Å². The van der Waals surface area contributed by atoms with Crippen LogP contribution in [0.5, 0.6) is 0 Å². The van der Waals surface area contributed by atoms with Crippen LogP contribution in [-0.4, -0.2) is 57.7 Å². The third-order valence-corrected chi connectivity index (χ3v) is 8.33. The molecule has 0 unspecified atom stereocenters. The van der Waals surface area contributed by atoms with Crippen LogP contribution in [0.15, 0.2) is 48.9 Å². The van der Waals surface area contributed by atoms with E-state index in [0.717, 1.165) is 6.07 Å². The predicted molar refractivity (Wildman–Crippen MR) is 154 cm³/mol. The summed E-state index contributed by atoms with van der Waals surface area (Å²) < 4.78 is 31.7. The number of aliphatic hydroxyl groups excluding tert-OH is 1. The number of nitrogens with zero attached hydrogens (tertiary/aromatic N) is 3. The number of nitrogens with one attached hydrogen (secondary N) is 2. The Labute approximate surface area is 248 Å². The van der Waals surface area contributed by atoms with Crippen LogP contribution in [-0.2, 0) is 16.6 Å². The molecule has 0 radical (unpaired) electrons. The molecule has 41 heavy (non-hydrogen) atoms. The number of H-pyrrole nitrogens is 1. The van der Waals surface area contributed by atoms with Gasteiger partial charge in [0, 0.05) is 40.9 Å². The van der Waals surface area contributed by atoms with E-state index in [1.165, 1.54) is 30.6 Å². The van der Waals surface area contributed by atoms with Gasteiger partial charge in [0.1, 0.15) is 17.0 Å². The second-order valence-electron chi connectivity index (χ2n) is 11.8. The molecular weight excluding hydrogens is 571 g/mol. The molecule has 1 aliphatic heterocycles. The van der Waals surface area contributed by atoms with Gasteiger partial charge in [-0.3, -0.25) is 9.69 Å². The van der Waals surface area contributed by atoms with Gasteiger partial charge in [0.25, 0.3) is 0 Å². The maximum Gasteiger partial charge on any atom is 0.238 e. The Morgan fingerprint density at radius 3 is 2.61 bits per heavy atom. The number of aromatic nitrogens is 2. The van der Waals surface area contributed by atoms with Gasteiger partial charge in [-0.25, -0.2) is 13.8 Å². The fourth-order valence-corrected chi connectivity index (χ4v) is 6.43. The van der Waals surface area contributed by atoms with Crippen LogP contribution in [0.3, 0.4) is 0 Å². The largest absolute Gasteiger partial charge is 0.394 e. The highest BCUT2D eigenvalue weighted by atomic mass is 35.5. The summed E-state index contributed by atoms with van der Waals surface area (Å²) >= 11 is 12.3. The lowest BCUT2D eigenvalue weighted by molar-refractivity contribution is -0.127. The molecule has 0 bridgehead atoms. The minimum Gasteiger partial charge on any atom is -0.394 e. The quantitative estimate of drug-likeness (QED) is 0.321. The first-order valence-electron chi connectivity index (χ1n) is 13.2. The van der Waals surface area contributed by atoms with Crippen molar-refractivity contribution in [3.63, 3.8) is 0 Å². The Bertz CT molecular complexity index is 1440. The van der Waals surface area contributed by atoms with E-state index in [2.05, 4.69) is 21.4 Å². The van der Waals surface area contributed by atoms with E-state index in [0.29, 0.717) is 12.1 Å². The van der Waals surface area contributed by atoms with Crippen molar-refractivity contribution in [3.05, 3.63) is 87.4 Å². The van der Waals surface area contributed by atoms with Crippen LogP contribution in [0.1, 0.15) is 49.9 Å². The second-order valence-corrected chi connectivity index (χ2v) is 12.6. The number of carbonyl (C=O) groups excluding carboxylic acids is 1. The molecule has 2 heterocycles. The van der Waals surface area contributed by atoms with Gasteiger partial charge in [0.05, 0.1) is 36.1 Å². The zero-order valence-corrected chi connectivity index (χ0v) is 24.8. The van der Waals surface area contributed by atoms with Crippen molar-refractivity contribution in [2.45, 2.75) is 63.1 Å². The minimum atomic E-state index is -1.72. The van der Waals surface area contributed by atoms with Crippen molar-refractivity contribution in [2.75, 3.05) is 13.7 Å². The number of aromatic amines is 1. The predicted octanol–water partition coefficient (Wildman–Crippen LogP) is 5.38. The summed E-state index contributed by atoms with van der Waals surface area (Å²) in [5.74, 6) is -3.23. The Morgan fingerprint density at radius 1 is 1.29 bits per heavy atom. The molecule has 0 saturated carbocycles. The van der Waals surface area contributed by atoms with E-state index in [4.69, 9.17) is 23.2 Å². The maximum absolute atomic E-state index is 15.9. The average Bonchev–Trinajstić information content (AvgIpc) is 3.49. The van der Waals surface area contributed by atoms with Crippen molar-refractivity contribution in [2.24, 2.45) is 5.41 Å². The highest BCUT2D eigenvalue weighted by Gasteiger charge is 2.64. The fraction of sp³-hybridized carbons (Fsp3) is 0.433. The van der Waals surface area contributed by atoms with E-state index in [1.807, 2.05) is 20.8 Å². The van der Waals surface area contributed by atoms with Gasteiger partial charge in [0.15, 0.2) is 0 Å². The van der Waals surface area contributed by atoms with Crippen LogP contribution in [0.2, 0.25) is 10.0 Å². The summed E-state index contributed by atoms with van der Waals surface area (Å²) in [4.78, 5) is 22.8. The molecule has 1 aromatic heterocycles. The van der Waals surface area contributed by atoms with Crippen molar-refractivity contribution in [3.8, 4) is 6.07 Å². The molecule has 3 aromatic rings. The summed E-state index contributed by atoms with van der Waals surface area (Å²) in [6, 6.07) is 8.26. The van der Waals surface area contributed by atoms with Crippen LogP contribution in [0, 0.1) is 28.4 Å². The lowest BCUT2D eigenvalue weighted by Crippen LogP contribution is -2.50. The molecule has 1 fully saturated rings. The molecule has 1 saturated heterocycles. The molecule has 7 nitrogen and oxygen atoms in total. The molecule has 1 amide bonds. The third-order valence-electron chi connectivity index (χ3n) is 7.80. The summed E-state index contributed by atoms with van der Waals surface area (Å²) in [6.07, 6.45) is 3.71. The molecule has 5 atom stereocenters. The second kappa shape index (κ2) is 12.1. The fourth-order valence-electron chi connectivity index (χ4n) is 6.09. The van der Waals surface area contributed by atoms with Gasteiger partial charge in [-0.1, -0.05) is 62.2 Å². The molecule has 2 aromatic carbocycles. The number of halogens is 4. The molecule has 218 valence electrons. The Morgan fingerprint density at radius 2 is 2.02 bits per heavy atom. The zero-order valence-electron chi connectivity index (χ0n) is 23.3. The summed E-state index contributed by atoms with van der Waals surface area (Å²) in [5, 5.41) is 23.9. The van der Waals surface area contributed by atoms with Crippen LogP contribution in [0.25, 0.3) is 0 Å². The number of hydrogen-bond donors (Lipinski definition) is 3. The number of nitriles is 1. The van der Waals surface area contributed by atoms with Gasteiger partial charge >= 0.3 is 0 Å². The molecule has 1 aliphatic rings. The van der Waals surface area contributed by atoms with E-state index in [9.17, 15) is 15.2 Å². The SMILES string of the molecule is CN1[C@@H](CC(C)(C)C)[C@](C#N)(c2ccc(Cl)cc2F)[C@@H](c2cccc(Cl)c2F)[C@@H]1C(=O)N[C@H](CO)Cc1cnc[nH]1. The van der Waals surface area contributed by atoms with Gasteiger partial charge in [-0.05, 0) is 42.6 Å². The lowest BCUT2D eigenvalue weighted by atomic mass is 9.62. The summed E-state index contributed by atoms with van der Waals surface area (Å²) in [6.45, 7) is 5.57. The first kappa shape index (κ1) is 30.9. The Hall–Kier alpha value is -3.03. The van der Waals surface area contributed by atoms with Gasteiger partial charge in [0.2, 0.25) is 5.91 Å². The van der Waals surface area contributed by atoms with E-state index in [-0.39, 0.29) is 39.6 Å². The molecule has 3 N–H and O–H groups in total. The first-order valence-corrected chi connectivity index (χ1v) is 14.0. The number of likely N-dealkylation sites (tertiary alicyclic amines) is 1. The first-order chi connectivity index (χ1) is 19.3. The van der Waals surface area contributed by atoms with Crippen molar-refractivity contribution in [1.82, 2.24) is 20.2 Å². The smallest absolute Gasteiger partial charge is 0.238 e.